The van der Waals surface area contributed by atoms with Crippen molar-refractivity contribution in [2.75, 3.05) is 17.2 Å². The Balaban J connectivity index is 1.91. The van der Waals surface area contributed by atoms with Crippen LogP contribution in [0.4, 0.5) is 19.6 Å². The molecule has 1 heterocycles. The molecule has 1 aromatic carbocycles. The maximum atomic E-state index is 13.2. The summed E-state index contributed by atoms with van der Waals surface area (Å²) in [5.74, 6) is -1.93. The van der Waals surface area contributed by atoms with E-state index in [2.05, 4.69) is 15.6 Å². The summed E-state index contributed by atoms with van der Waals surface area (Å²) < 4.78 is 25.9. The molecule has 94 valence electrons. The molecule has 1 amide bonds. The van der Waals surface area contributed by atoms with Crippen LogP contribution in [-0.4, -0.2) is 17.4 Å². The first-order chi connectivity index (χ1) is 8.65. The van der Waals surface area contributed by atoms with Crippen molar-refractivity contribution < 1.29 is 13.6 Å². The number of benzene rings is 1. The highest BCUT2D eigenvalue weighted by molar-refractivity contribution is 7.13. The molecule has 0 aliphatic heterocycles. The summed E-state index contributed by atoms with van der Waals surface area (Å²) in [5, 5.41) is 7.47. The van der Waals surface area contributed by atoms with Crippen molar-refractivity contribution in [1.29, 1.82) is 0 Å². The summed E-state index contributed by atoms with van der Waals surface area (Å²) in [5.41, 5.74) is -0.0534. The van der Waals surface area contributed by atoms with Crippen molar-refractivity contribution in [3.8, 4) is 0 Å². The summed E-state index contributed by atoms with van der Waals surface area (Å²) in [4.78, 5) is 15.4. The molecule has 2 rings (SSSR count). The van der Waals surface area contributed by atoms with Gasteiger partial charge >= 0.3 is 0 Å². The third-order valence-electron chi connectivity index (χ3n) is 2.04. The zero-order valence-corrected chi connectivity index (χ0v) is 9.93. The largest absolute Gasteiger partial charge is 0.352 e. The van der Waals surface area contributed by atoms with Crippen molar-refractivity contribution >= 4 is 28.1 Å². The Bertz CT molecular complexity index is 545. The Kier molecular flexibility index (Phi) is 3.83. The Morgan fingerprint density at radius 3 is 2.89 bits per heavy atom. The number of amides is 1. The van der Waals surface area contributed by atoms with Crippen LogP contribution in [-0.2, 0) is 4.79 Å². The minimum atomic E-state index is -0.808. The topological polar surface area (TPSA) is 54.0 Å². The third-order valence-corrected chi connectivity index (χ3v) is 2.77. The standard InChI is InChI=1S/C11H9F2N3OS/c12-7-1-2-9(8(13)5-7)16-10(17)6-15-11-14-3-4-18-11/h1-5H,6H2,(H,14,15)(H,16,17). The summed E-state index contributed by atoms with van der Waals surface area (Å²) in [7, 11) is 0. The molecule has 1 aromatic heterocycles. The van der Waals surface area contributed by atoms with Crippen LogP contribution in [0.1, 0.15) is 0 Å². The number of thiazole rings is 1. The number of halogens is 2. The van der Waals surface area contributed by atoms with E-state index >= 15 is 0 Å². The van der Waals surface area contributed by atoms with Crippen LogP contribution in [0, 0.1) is 11.6 Å². The number of nitrogens with zero attached hydrogens (tertiary/aromatic N) is 1. The van der Waals surface area contributed by atoms with E-state index in [4.69, 9.17) is 0 Å². The highest BCUT2D eigenvalue weighted by Crippen LogP contribution is 2.15. The van der Waals surface area contributed by atoms with Crippen LogP contribution in [0.2, 0.25) is 0 Å². The zero-order valence-electron chi connectivity index (χ0n) is 9.11. The molecular weight excluding hydrogens is 260 g/mol. The number of hydrogen-bond donors (Lipinski definition) is 2. The highest BCUT2D eigenvalue weighted by atomic mass is 32.1. The lowest BCUT2D eigenvalue weighted by molar-refractivity contribution is -0.114. The number of hydrogen-bond acceptors (Lipinski definition) is 4. The van der Waals surface area contributed by atoms with Gasteiger partial charge in [-0.3, -0.25) is 4.79 Å². The van der Waals surface area contributed by atoms with E-state index in [0.29, 0.717) is 11.2 Å². The minimum Gasteiger partial charge on any atom is -0.352 e. The molecule has 4 nitrogen and oxygen atoms in total. The lowest BCUT2D eigenvalue weighted by atomic mass is 10.3. The van der Waals surface area contributed by atoms with Crippen LogP contribution in [0.25, 0.3) is 0 Å². The average molecular weight is 269 g/mol. The molecular formula is C11H9F2N3OS. The Labute approximate surface area is 106 Å². The van der Waals surface area contributed by atoms with E-state index in [9.17, 15) is 13.6 Å². The van der Waals surface area contributed by atoms with Crippen LogP contribution < -0.4 is 10.6 Å². The number of nitrogens with one attached hydrogen (secondary N) is 2. The average Bonchev–Trinajstić information content (AvgIpc) is 2.83. The molecule has 0 spiro atoms. The predicted octanol–water partition coefficient (Wildman–Crippen LogP) is 2.47. The molecule has 18 heavy (non-hydrogen) atoms. The molecule has 0 fully saturated rings. The van der Waals surface area contributed by atoms with Crippen LogP contribution in [0.3, 0.4) is 0 Å². The minimum absolute atomic E-state index is 0.0374. The van der Waals surface area contributed by atoms with Crippen LogP contribution in [0.15, 0.2) is 29.8 Å². The summed E-state index contributed by atoms with van der Waals surface area (Å²) in [6.07, 6.45) is 1.60. The SMILES string of the molecule is O=C(CNc1nccs1)Nc1ccc(F)cc1F. The predicted molar refractivity (Wildman–Crippen MR) is 65.6 cm³/mol. The van der Waals surface area contributed by atoms with Gasteiger partial charge < -0.3 is 10.6 Å². The van der Waals surface area contributed by atoms with Gasteiger partial charge in [0.2, 0.25) is 5.91 Å². The van der Waals surface area contributed by atoms with E-state index < -0.39 is 17.5 Å². The van der Waals surface area contributed by atoms with Gasteiger partial charge in [-0.05, 0) is 12.1 Å². The maximum absolute atomic E-state index is 13.2. The molecule has 2 aromatic rings. The van der Waals surface area contributed by atoms with Crippen LogP contribution in [0.5, 0.6) is 0 Å². The number of carbonyl (C=O) groups is 1. The third kappa shape index (κ3) is 3.24. The summed E-state index contributed by atoms with van der Waals surface area (Å²) >= 11 is 1.35. The molecule has 0 atom stereocenters. The quantitative estimate of drug-likeness (QED) is 0.896. The van der Waals surface area contributed by atoms with E-state index in [1.54, 1.807) is 11.6 Å². The van der Waals surface area contributed by atoms with Gasteiger partial charge in [-0.15, -0.1) is 11.3 Å². The second kappa shape index (κ2) is 5.54. The van der Waals surface area contributed by atoms with E-state index in [1.165, 1.54) is 17.4 Å². The highest BCUT2D eigenvalue weighted by Gasteiger charge is 2.08. The molecule has 0 saturated heterocycles. The summed E-state index contributed by atoms with van der Waals surface area (Å²) in [6, 6.07) is 2.96. The monoisotopic (exact) mass is 269 g/mol. The molecule has 0 saturated carbocycles. The Morgan fingerprint density at radius 1 is 1.39 bits per heavy atom. The number of carbonyl (C=O) groups excluding carboxylic acids is 1. The number of rotatable bonds is 4. The normalized spacial score (nSPS) is 10.1. The second-order valence-corrected chi connectivity index (χ2v) is 4.26. The molecule has 2 N–H and O–H groups in total. The van der Waals surface area contributed by atoms with Gasteiger partial charge in [0, 0.05) is 17.6 Å². The van der Waals surface area contributed by atoms with Crippen molar-refractivity contribution in [3.05, 3.63) is 41.4 Å². The van der Waals surface area contributed by atoms with Gasteiger partial charge in [0.05, 0.1) is 12.2 Å². The van der Waals surface area contributed by atoms with Gasteiger partial charge in [0.1, 0.15) is 11.6 Å². The van der Waals surface area contributed by atoms with Gasteiger partial charge in [-0.1, -0.05) is 0 Å². The molecule has 0 bridgehead atoms. The van der Waals surface area contributed by atoms with Crippen molar-refractivity contribution in [3.63, 3.8) is 0 Å². The Hall–Kier alpha value is -2.02. The first kappa shape index (κ1) is 12.4. The Morgan fingerprint density at radius 2 is 2.22 bits per heavy atom. The lowest BCUT2D eigenvalue weighted by Crippen LogP contribution is -2.22. The van der Waals surface area contributed by atoms with Crippen LogP contribution >= 0.6 is 11.3 Å². The van der Waals surface area contributed by atoms with Crippen molar-refractivity contribution in [2.24, 2.45) is 0 Å². The molecule has 7 heteroatoms. The van der Waals surface area contributed by atoms with E-state index in [0.717, 1.165) is 6.07 Å². The zero-order chi connectivity index (χ0) is 13.0. The smallest absolute Gasteiger partial charge is 0.243 e. The van der Waals surface area contributed by atoms with Gasteiger partial charge in [0.15, 0.2) is 5.13 Å². The number of anilines is 2. The number of aromatic nitrogens is 1. The van der Waals surface area contributed by atoms with Crippen molar-refractivity contribution in [1.82, 2.24) is 4.98 Å². The van der Waals surface area contributed by atoms with Crippen molar-refractivity contribution in [2.45, 2.75) is 0 Å². The fourth-order valence-electron chi connectivity index (χ4n) is 1.25. The van der Waals surface area contributed by atoms with E-state index in [-0.39, 0.29) is 12.2 Å². The van der Waals surface area contributed by atoms with E-state index in [1.807, 2.05) is 0 Å². The lowest BCUT2D eigenvalue weighted by Gasteiger charge is -2.06. The molecule has 0 radical (unpaired) electrons. The fourth-order valence-corrected chi connectivity index (χ4v) is 1.78. The molecule has 0 aliphatic carbocycles. The second-order valence-electron chi connectivity index (χ2n) is 3.36. The first-order valence-corrected chi connectivity index (χ1v) is 5.91. The molecule has 0 unspecified atom stereocenters. The van der Waals surface area contributed by atoms with Gasteiger partial charge in [-0.25, -0.2) is 13.8 Å². The summed E-state index contributed by atoms with van der Waals surface area (Å²) in [6.45, 7) is -0.0374. The maximum Gasteiger partial charge on any atom is 0.243 e. The first-order valence-electron chi connectivity index (χ1n) is 5.03. The fraction of sp³-hybridized carbons (Fsp3) is 0.0909. The van der Waals surface area contributed by atoms with Gasteiger partial charge in [0.25, 0.3) is 0 Å². The van der Waals surface area contributed by atoms with Gasteiger partial charge in [-0.2, -0.15) is 0 Å². The molecule has 0 aliphatic rings.